The van der Waals surface area contributed by atoms with Crippen LogP contribution in [0.5, 0.6) is 0 Å². The third-order valence-corrected chi connectivity index (χ3v) is 3.20. The van der Waals surface area contributed by atoms with E-state index in [9.17, 15) is 14.9 Å². The maximum Gasteiger partial charge on any atom is 0.270 e. The number of aldehydes is 1. The number of aromatic nitrogens is 2. The largest absolute Gasteiger partial charge is 0.383 e. The molecular weight excluding hydrogens is 272 g/mol. The van der Waals surface area contributed by atoms with Gasteiger partial charge in [-0.25, -0.2) is 4.68 Å². The lowest BCUT2D eigenvalue weighted by Crippen LogP contribution is -2.05. The Morgan fingerprint density at radius 3 is 2.86 bits per heavy atom. The lowest BCUT2D eigenvalue weighted by atomic mass is 10.1. The first-order valence-corrected chi connectivity index (χ1v) is 6.64. The normalized spacial score (nSPS) is 10.5. The fraction of sp³-hybridized carbons (Fsp3) is 0.286. The average Bonchev–Trinajstić information content (AvgIpc) is 2.81. The van der Waals surface area contributed by atoms with E-state index in [1.54, 1.807) is 16.8 Å². The second-order valence-electron chi connectivity index (χ2n) is 4.65. The highest BCUT2D eigenvalue weighted by molar-refractivity contribution is 5.91. The number of nitrogens with two attached hydrogens (primary N) is 1. The lowest BCUT2D eigenvalue weighted by molar-refractivity contribution is -0.384. The number of anilines is 1. The van der Waals surface area contributed by atoms with E-state index in [1.807, 2.05) is 6.92 Å². The molecule has 110 valence electrons. The monoisotopic (exact) mass is 288 g/mol. The van der Waals surface area contributed by atoms with E-state index in [2.05, 4.69) is 5.10 Å². The van der Waals surface area contributed by atoms with Crippen LogP contribution in [0.4, 0.5) is 11.5 Å². The van der Waals surface area contributed by atoms with Gasteiger partial charge in [-0.15, -0.1) is 0 Å². The molecule has 0 fully saturated rings. The van der Waals surface area contributed by atoms with Crippen LogP contribution in [0, 0.1) is 10.1 Å². The molecule has 7 nitrogen and oxygen atoms in total. The number of nitro benzene ring substituents is 1. The van der Waals surface area contributed by atoms with Gasteiger partial charge in [-0.3, -0.25) is 14.9 Å². The first-order valence-electron chi connectivity index (χ1n) is 6.64. The number of hydrogen-bond donors (Lipinski definition) is 1. The molecule has 0 radical (unpaired) electrons. The van der Waals surface area contributed by atoms with Crippen LogP contribution in [0.1, 0.15) is 30.1 Å². The highest BCUT2D eigenvalue weighted by Crippen LogP contribution is 2.28. The van der Waals surface area contributed by atoms with Crippen LogP contribution in [-0.2, 0) is 6.54 Å². The van der Waals surface area contributed by atoms with Gasteiger partial charge in [0, 0.05) is 24.2 Å². The number of carbonyl (C=O) groups is 1. The summed E-state index contributed by atoms with van der Waals surface area (Å²) < 4.78 is 1.57. The van der Waals surface area contributed by atoms with Crippen molar-refractivity contribution in [3.05, 3.63) is 39.9 Å². The molecular formula is C14H16N4O3. The second kappa shape index (κ2) is 6.17. The third-order valence-electron chi connectivity index (χ3n) is 3.20. The van der Waals surface area contributed by atoms with Crippen molar-refractivity contribution in [2.45, 2.75) is 26.3 Å². The molecule has 1 aromatic heterocycles. The van der Waals surface area contributed by atoms with Crippen molar-refractivity contribution in [1.29, 1.82) is 0 Å². The number of benzene rings is 1. The van der Waals surface area contributed by atoms with E-state index >= 15 is 0 Å². The molecule has 7 heteroatoms. The topological polar surface area (TPSA) is 104 Å². The standard InChI is InChI=1S/C14H16N4O3/c1-2-3-7-17-14(15)12(9-19)13(16-17)10-5-4-6-11(8-10)18(20)21/h4-6,8-9H,2-3,7,15H2,1H3. The summed E-state index contributed by atoms with van der Waals surface area (Å²) in [5.41, 5.74) is 7.03. The Kier molecular flexibility index (Phi) is 4.32. The molecule has 0 aliphatic carbocycles. The molecule has 0 saturated heterocycles. The maximum absolute atomic E-state index is 11.3. The van der Waals surface area contributed by atoms with Crippen LogP contribution < -0.4 is 5.73 Å². The lowest BCUT2D eigenvalue weighted by Gasteiger charge is -2.01. The number of nitrogen functional groups attached to an aromatic ring is 1. The van der Waals surface area contributed by atoms with E-state index in [-0.39, 0.29) is 11.3 Å². The van der Waals surface area contributed by atoms with Crippen molar-refractivity contribution in [3.63, 3.8) is 0 Å². The number of unbranched alkanes of at least 4 members (excludes halogenated alkanes) is 1. The predicted molar refractivity (Wildman–Crippen MR) is 79.0 cm³/mol. The summed E-state index contributed by atoms with van der Waals surface area (Å²) in [6.45, 7) is 2.65. The van der Waals surface area contributed by atoms with Gasteiger partial charge in [0.15, 0.2) is 6.29 Å². The molecule has 0 spiro atoms. The highest BCUT2D eigenvalue weighted by atomic mass is 16.6. The summed E-state index contributed by atoms with van der Waals surface area (Å²) in [4.78, 5) is 21.6. The second-order valence-corrected chi connectivity index (χ2v) is 4.65. The van der Waals surface area contributed by atoms with E-state index in [4.69, 9.17) is 5.73 Å². The van der Waals surface area contributed by atoms with Crippen molar-refractivity contribution in [2.24, 2.45) is 0 Å². The maximum atomic E-state index is 11.3. The van der Waals surface area contributed by atoms with Crippen LogP contribution in [0.25, 0.3) is 11.3 Å². The minimum absolute atomic E-state index is 0.0500. The van der Waals surface area contributed by atoms with Crippen LogP contribution in [0.2, 0.25) is 0 Å². The molecule has 0 aliphatic rings. The molecule has 0 unspecified atom stereocenters. The number of nitro groups is 1. The summed E-state index contributed by atoms with van der Waals surface area (Å²) in [6, 6.07) is 6.01. The zero-order chi connectivity index (χ0) is 15.4. The number of nitrogens with zero attached hydrogens (tertiary/aromatic N) is 3. The summed E-state index contributed by atoms with van der Waals surface area (Å²) >= 11 is 0. The molecule has 2 rings (SSSR count). The Morgan fingerprint density at radius 1 is 1.48 bits per heavy atom. The van der Waals surface area contributed by atoms with Gasteiger partial charge in [-0.2, -0.15) is 5.10 Å². The van der Waals surface area contributed by atoms with Crippen molar-refractivity contribution in [3.8, 4) is 11.3 Å². The molecule has 0 aliphatic heterocycles. The van der Waals surface area contributed by atoms with E-state index in [0.29, 0.717) is 29.9 Å². The number of aryl methyl sites for hydroxylation is 1. The van der Waals surface area contributed by atoms with Gasteiger partial charge in [-0.05, 0) is 6.42 Å². The molecule has 2 N–H and O–H groups in total. The molecule has 0 saturated carbocycles. The number of non-ortho nitro benzene ring substituents is 1. The van der Waals surface area contributed by atoms with Gasteiger partial charge in [-0.1, -0.05) is 25.5 Å². The number of carbonyl (C=O) groups excluding carboxylic acids is 1. The first kappa shape index (κ1) is 14.7. The summed E-state index contributed by atoms with van der Waals surface area (Å²) in [5.74, 6) is 0.292. The molecule has 1 heterocycles. The third kappa shape index (κ3) is 2.91. The van der Waals surface area contributed by atoms with Crippen LogP contribution >= 0.6 is 0 Å². The molecule has 0 amide bonds. The van der Waals surface area contributed by atoms with Gasteiger partial charge >= 0.3 is 0 Å². The molecule has 1 aromatic carbocycles. The van der Waals surface area contributed by atoms with Crippen LogP contribution in [-0.4, -0.2) is 21.0 Å². The number of rotatable bonds is 6. The van der Waals surface area contributed by atoms with Gasteiger partial charge < -0.3 is 5.73 Å². The Morgan fingerprint density at radius 2 is 2.24 bits per heavy atom. The molecule has 21 heavy (non-hydrogen) atoms. The SMILES string of the molecule is CCCCn1nc(-c2cccc([N+](=O)[O-])c2)c(C=O)c1N. The Bertz CT molecular complexity index is 679. The highest BCUT2D eigenvalue weighted by Gasteiger charge is 2.18. The van der Waals surface area contributed by atoms with Crippen molar-refractivity contribution in [1.82, 2.24) is 9.78 Å². The molecule has 0 atom stereocenters. The van der Waals surface area contributed by atoms with Gasteiger partial charge in [0.2, 0.25) is 0 Å². The van der Waals surface area contributed by atoms with Crippen LogP contribution in [0.15, 0.2) is 24.3 Å². The van der Waals surface area contributed by atoms with Gasteiger partial charge in [0.1, 0.15) is 11.5 Å². The number of hydrogen-bond acceptors (Lipinski definition) is 5. The smallest absolute Gasteiger partial charge is 0.270 e. The van der Waals surface area contributed by atoms with Crippen LogP contribution in [0.3, 0.4) is 0 Å². The quantitative estimate of drug-likeness (QED) is 0.500. The first-order chi connectivity index (χ1) is 10.1. The zero-order valence-corrected chi connectivity index (χ0v) is 11.7. The summed E-state index contributed by atoms with van der Waals surface area (Å²) in [5, 5.41) is 15.2. The minimum atomic E-state index is -0.485. The average molecular weight is 288 g/mol. The zero-order valence-electron chi connectivity index (χ0n) is 11.7. The Hall–Kier alpha value is -2.70. The Balaban J connectivity index is 2.50. The summed E-state index contributed by atoms with van der Waals surface area (Å²) in [6.07, 6.45) is 2.50. The molecule has 0 bridgehead atoms. The fourth-order valence-corrected chi connectivity index (χ4v) is 2.06. The Labute approximate surface area is 121 Å². The van der Waals surface area contributed by atoms with E-state index in [0.717, 1.165) is 12.8 Å². The van der Waals surface area contributed by atoms with Crippen molar-refractivity contribution >= 4 is 17.8 Å². The van der Waals surface area contributed by atoms with Gasteiger partial charge in [0.05, 0.1) is 10.5 Å². The van der Waals surface area contributed by atoms with E-state index < -0.39 is 4.92 Å². The van der Waals surface area contributed by atoms with Crippen molar-refractivity contribution < 1.29 is 9.72 Å². The fourth-order valence-electron chi connectivity index (χ4n) is 2.06. The summed E-state index contributed by atoms with van der Waals surface area (Å²) in [7, 11) is 0. The molecule has 2 aromatic rings. The van der Waals surface area contributed by atoms with E-state index in [1.165, 1.54) is 12.1 Å². The minimum Gasteiger partial charge on any atom is -0.383 e. The van der Waals surface area contributed by atoms with Crippen molar-refractivity contribution in [2.75, 3.05) is 5.73 Å². The van der Waals surface area contributed by atoms with Gasteiger partial charge in [0.25, 0.3) is 5.69 Å². The predicted octanol–water partition coefficient (Wildman–Crippen LogP) is 2.65.